The van der Waals surface area contributed by atoms with E-state index in [2.05, 4.69) is 5.32 Å². The number of anilines is 1. The van der Waals surface area contributed by atoms with E-state index in [-0.39, 0.29) is 65.9 Å². The molecule has 1 unspecified atom stereocenters. The van der Waals surface area contributed by atoms with Crippen LogP contribution in [0.25, 0.3) is 0 Å². The Labute approximate surface area is 279 Å². The van der Waals surface area contributed by atoms with Crippen LogP contribution in [0.4, 0.5) is 5.69 Å². The number of amides is 2. The number of Topliss-reactive ketones (excluding diaryl/α,β-unsaturated/α-hetero) is 1. The highest BCUT2D eigenvalue weighted by Crippen LogP contribution is 2.42. The minimum absolute atomic E-state index is 0. The summed E-state index contributed by atoms with van der Waals surface area (Å²) in [4.78, 5) is 53.2. The summed E-state index contributed by atoms with van der Waals surface area (Å²) < 4.78 is 11.9. The molecule has 2 aromatic carbocycles. The van der Waals surface area contributed by atoms with E-state index >= 15 is 0 Å². The molecule has 1 saturated heterocycles. The second-order valence-corrected chi connectivity index (χ2v) is 12.4. The van der Waals surface area contributed by atoms with Gasteiger partial charge in [-0.2, -0.15) is 0 Å². The van der Waals surface area contributed by atoms with Crippen LogP contribution < -0.4 is 25.4 Å². The molecule has 2 aliphatic rings. The molecular weight excluding hydrogens is 658 g/mol. The van der Waals surface area contributed by atoms with Crippen molar-refractivity contribution in [2.45, 2.75) is 58.9 Å². The number of amidine groups is 1. The van der Waals surface area contributed by atoms with Gasteiger partial charge in [-0.1, -0.05) is 20.8 Å². The third-order valence-corrected chi connectivity index (χ3v) is 8.16. The monoisotopic (exact) mass is 701 g/mol. The average molecular weight is 703 g/mol. The Hall–Kier alpha value is -4.13. The highest BCUT2D eigenvalue weighted by atomic mass is 79.9. The average Bonchev–Trinajstić information content (AvgIpc) is 3.59. The lowest BCUT2D eigenvalue weighted by Crippen LogP contribution is -2.31. The van der Waals surface area contributed by atoms with E-state index in [1.165, 1.54) is 7.05 Å². The van der Waals surface area contributed by atoms with Gasteiger partial charge < -0.3 is 35.4 Å². The van der Waals surface area contributed by atoms with Crippen LogP contribution in [-0.4, -0.2) is 79.3 Å². The van der Waals surface area contributed by atoms with E-state index in [1.807, 2.05) is 38.7 Å². The maximum Gasteiger partial charge on any atom is 0.303 e. The topological polar surface area (TPSA) is 175 Å². The number of halogens is 1. The minimum Gasteiger partial charge on any atom is -0.493 e. The number of carboxylic acid groups (broad SMARTS) is 1. The highest BCUT2D eigenvalue weighted by molar-refractivity contribution is 8.93. The first-order chi connectivity index (χ1) is 21.2. The van der Waals surface area contributed by atoms with Gasteiger partial charge >= 0.3 is 5.97 Å². The van der Waals surface area contributed by atoms with E-state index in [0.717, 1.165) is 11.1 Å². The number of carboxylic acids is 1. The van der Waals surface area contributed by atoms with Gasteiger partial charge in [-0.15, -0.1) is 17.0 Å². The number of aliphatic carboxylic acids is 1. The number of ketones is 1. The number of carbonyl (C=O) groups is 4. The van der Waals surface area contributed by atoms with Crippen LogP contribution in [0, 0.1) is 11.3 Å². The molecule has 4 rings (SSSR count). The van der Waals surface area contributed by atoms with E-state index in [9.17, 15) is 19.2 Å². The van der Waals surface area contributed by atoms with Gasteiger partial charge in [0.15, 0.2) is 5.78 Å². The zero-order valence-electron chi connectivity index (χ0n) is 27.0. The Morgan fingerprint density at radius 3 is 2.43 bits per heavy atom. The maximum absolute atomic E-state index is 13.9. The highest BCUT2D eigenvalue weighted by Gasteiger charge is 2.34. The molecule has 250 valence electrons. The smallest absolute Gasteiger partial charge is 0.303 e. The van der Waals surface area contributed by atoms with Crippen LogP contribution in [0.5, 0.6) is 11.5 Å². The quantitative estimate of drug-likeness (QED) is 0.178. The maximum atomic E-state index is 13.9. The fourth-order valence-corrected chi connectivity index (χ4v) is 5.74. The predicted octanol–water partition coefficient (Wildman–Crippen LogP) is 3.90. The summed E-state index contributed by atoms with van der Waals surface area (Å²) in [7, 11) is 1.53. The third kappa shape index (κ3) is 7.98. The van der Waals surface area contributed by atoms with Crippen molar-refractivity contribution in [2.24, 2.45) is 11.7 Å². The van der Waals surface area contributed by atoms with Crippen molar-refractivity contribution >= 4 is 52.1 Å². The van der Waals surface area contributed by atoms with Gasteiger partial charge in [-0.25, -0.2) is 0 Å². The van der Waals surface area contributed by atoms with Gasteiger partial charge in [0.05, 0.1) is 36.9 Å². The number of ether oxygens (including phenoxy) is 2. The van der Waals surface area contributed by atoms with Crippen molar-refractivity contribution in [2.75, 3.05) is 44.8 Å². The van der Waals surface area contributed by atoms with Gasteiger partial charge in [0.25, 0.3) is 5.91 Å². The van der Waals surface area contributed by atoms with Crippen molar-refractivity contribution in [1.82, 2.24) is 10.2 Å². The van der Waals surface area contributed by atoms with Crippen molar-refractivity contribution < 1.29 is 33.8 Å². The molecule has 1 fully saturated rings. The molecule has 5 N–H and O–H groups in total. The zero-order valence-corrected chi connectivity index (χ0v) is 28.7. The Morgan fingerprint density at radius 2 is 1.85 bits per heavy atom. The lowest BCUT2D eigenvalue weighted by atomic mass is 9.84. The van der Waals surface area contributed by atoms with Crippen molar-refractivity contribution in [3.05, 3.63) is 52.1 Å². The SMILES string of the molecule is Br.CCOc1cc2c(cc1C(=O)NC)C(=N)N(CC(=O)c1cc(N3CCC(C(N)=O)C3)c(OCCCC(=O)O)c(C(C)(C)C)c1)C2. The Bertz CT molecular complexity index is 1520. The molecule has 2 aromatic rings. The van der Waals surface area contributed by atoms with Gasteiger partial charge in [0, 0.05) is 49.8 Å². The lowest BCUT2D eigenvalue weighted by Gasteiger charge is -2.30. The third-order valence-electron chi connectivity index (χ3n) is 8.16. The summed E-state index contributed by atoms with van der Waals surface area (Å²) in [5.41, 5.74) is 8.72. The molecular formula is C33H44BrN5O7. The van der Waals surface area contributed by atoms with Crippen molar-refractivity contribution in [3.8, 4) is 11.5 Å². The first-order valence-corrected chi connectivity index (χ1v) is 15.2. The Balaban J connectivity index is 0.00000576. The van der Waals surface area contributed by atoms with E-state index < -0.39 is 11.4 Å². The first kappa shape index (κ1) is 36.3. The summed E-state index contributed by atoms with van der Waals surface area (Å²) in [6, 6.07) is 6.97. The number of hydrogen-bond acceptors (Lipinski definition) is 8. The molecule has 0 radical (unpaired) electrons. The second-order valence-electron chi connectivity index (χ2n) is 12.4. The summed E-state index contributed by atoms with van der Waals surface area (Å²) >= 11 is 0. The fourth-order valence-electron chi connectivity index (χ4n) is 5.74. The van der Waals surface area contributed by atoms with Crippen molar-refractivity contribution in [3.63, 3.8) is 0 Å². The van der Waals surface area contributed by atoms with Gasteiger partial charge in [0.1, 0.15) is 17.3 Å². The molecule has 12 nitrogen and oxygen atoms in total. The summed E-state index contributed by atoms with van der Waals surface area (Å²) in [5.74, 6) is -1.04. The molecule has 0 aromatic heterocycles. The number of nitrogens with zero attached hydrogens (tertiary/aromatic N) is 2. The molecule has 0 spiro atoms. The van der Waals surface area contributed by atoms with Crippen LogP contribution in [-0.2, 0) is 21.5 Å². The molecule has 2 aliphatic heterocycles. The molecule has 1 atom stereocenters. The Kier molecular flexibility index (Phi) is 11.8. The number of nitrogens with two attached hydrogens (primary N) is 1. The molecule has 2 heterocycles. The minimum atomic E-state index is -0.909. The summed E-state index contributed by atoms with van der Waals surface area (Å²) in [5, 5.41) is 20.5. The van der Waals surface area contributed by atoms with Gasteiger partial charge in [-0.05, 0) is 55.0 Å². The second kappa shape index (κ2) is 15.0. The number of rotatable bonds is 13. The van der Waals surface area contributed by atoms with Gasteiger partial charge in [0.2, 0.25) is 5.91 Å². The first-order valence-electron chi connectivity index (χ1n) is 15.2. The van der Waals surface area contributed by atoms with E-state index in [4.69, 9.17) is 25.7 Å². The molecule has 0 aliphatic carbocycles. The number of primary amides is 1. The number of hydrogen-bond donors (Lipinski definition) is 4. The largest absolute Gasteiger partial charge is 0.493 e. The van der Waals surface area contributed by atoms with Gasteiger partial charge in [-0.3, -0.25) is 24.6 Å². The van der Waals surface area contributed by atoms with Crippen LogP contribution in [0.3, 0.4) is 0 Å². The van der Waals surface area contributed by atoms with E-state index in [0.29, 0.717) is 73.0 Å². The number of fused-ring (bicyclic) bond motifs is 1. The van der Waals surface area contributed by atoms with E-state index in [1.54, 1.807) is 23.1 Å². The normalized spacial score (nSPS) is 15.7. The number of nitrogens with one attached hydrogen (secondary N) is 2. The van der Waals surface area contributed by atoms with Crippen molar-refractivity contribution in [1.29, 1.82) is 5.41 Å². The van der Waals surface area contributed by atoms with Crippen LogP contribution in [0.15, 0.2) is 24.3 Å². The Morgan fingerprint density at radius 1 is 1.13 bits per heavy atom. The summed E-state index contributed by atoms with van der Waals surface area (Å²) in [6.45, 7) is 9.56. The lowest BCUT2D eigenvalue weighted by molar-refractivity contribution is -0.137. The molecule has 13 heteroatoms. The summed E-state index contributed by atoms with van der Waals surface area (Å²) in [6.07, 6.45) is 0.847. The van der Waals surface area contributed by atoms with Crippen LogP contribution >= 0.6 is 17.0 Å². The fraction of sp³-hybridized carbons (Fsp3) is 0.485. The van der Waals surface area contributed by atoms with Crippen LogP contribution in [0.1, 0.15) is 84.4 Å². The molecule has 0 bridgehead atoms. The molecule has 2 amide bonds. The number of carbonyl (C=O) groups excluding carboxylic acids is 3. The standard InChI is InChI=1S/C33H43N5O7.BrH/c1-6-44-27-14-21-17-38(30(34)22(21)15-23(27)32(43)36-5)18-26(39)20-12-24(33(2,3)4)29(45-11-7-8-28(40)41)25(13-20)37-10-9-19(16-37)31(35)42;/h12-15,19,34H,6-11,16-18H2,1-5H3,(H2,35,42)(H,36,43)(H,40,41);1H. The zero-order chi connectivity index (χ0) is 33.1. The molecule has 46 heavy (non-hydrogen) atoms. The molecule has 0 saturated carbocycles. The van der Waals surface area contributed by atoms with Crippen LogP contribution in [0.2, 0.25) is 0 Å². The predicted molar refractivity (Wildman–Crippen MR) is 180 cm³/mol. The number of benzene rings is 2.